The molecule has 2 fully saturated rings. The molecule has 0 spiro atoms. The van der Waals surface area contributed by atoms with Crippen molar-refractivity contribution < 1.29 is 9.59 Å². The van der Waals surface area contributed by atoms with E-state index in [0.29, 0.717) is 37.0 Å². The maximum Gasteiger partial charge on any atom is 0.317 e. The van der Waals surface area contributed by atoms with Gasteiger partial charge in [-0.1, -0.05) is 23.7 Å². The topological polar surface area (TPSA) is 61.4 Å². The van der Waals surface area contributed by atoms with Crippen LogP contribution in [-0.4, -0.2) is 36.5 Å². The molecule has 1 atom stereocenters. The van der Waals surface area contributed by atoms with Gasteiger partial charge in [0.05, 0.1) is 6.04 Å². The molecule has 1 saturated carbocycles. The summed E-state index contributed by atoms with van der Waals surface area (Å²) in [5.74, 6) is 0.503. The number of carbonyl (C=O) groups is 2. The van der Waals surface area contributed by atoms with Crippen LogP contribution in [0.4, 0.5) is 4.79 Å². The highest BCUT2D eigenvalue weighted by Gasteiger charge is 2.34. The van der Waals surface area contributed by atoms with Crippen molar-refractivity contribution in [2.45, 2.75) is 25.3 Å². The summed E-state index contributed by atoms with van der Waals surface area (Å²) in [5, 5.41) is 6.61. The molecule has 0 aromatic heterocycles. The quantitative estimate of drug-likeness (QED) is 0.897. The van der Waals surface area contributed by atoms with Gasteiger partial charge in [-0.3, -0.25) is 4.79 Å². The van der Waals surface area contributed by atoms with E-state index in [2.05, 4.69) is 10.6 Å². The Labute approximate surface area is 135 Å². The number of nitrogens with one attached hydrogen (secondary N) is 2. The maximum atomic E-state index is 12.5. The molecule has 2 N–H and O–H groups in total. The van der Waals surface area contributed by atoms with E-state index in [1.165, 1.54) is 0 Å². The average molecular weight is 322 g/mol. The lowest BCUT2D eigenvalue weighted by molar-refractivity contribution is -0.120. The van der Waals surface area contributed by atoms with Crippen LogP contribution in [-0.2, 0) is 4.79 Å². The zero-order chi connectivity index (χ0) is 15.5. The van der Waals surface area contributed by atoms with Crippen LogP contribution in [0.15, 0.2) is 24.3 Å². The SMILES string of the molecule is O=C1CCN(C(=O)N[C@@H](c2ccc(Cl)cc2)C2CC2)CCN1. The molecule has 0 unspecified atom stereocenters. The second kappa shape index (κ2) is 6.57. The maximum absolute atomic E-state index is 12.5. The molecule has 6 heteroatoms. The predicted octanol–water partition coefficient (Wildman–Crippen LogP) is 2.32. The molecule has 118 valence electrons. The first-order valence-corrected chi connectivity index (χ1v) is 8.09. The van der Waals surface area contributed by atoms with E-state index in [0.717, 1.165) is 18.4 Å². The van der Waals surface area contributed by atoms with Crippen LogP contribution in [0.25, 0.3) is 0 Å². The lowest BCUT2D eigenvalue weighted by Gasteiger charge is -2.25. The number of rotatable bonds is 3. The third kappa shape index (κ3) is 3.71. The third-order valence-corrected chi connectivity index (χ3v) is 4.45. The Hall–Kier alpha value is -1.75. The molecular weight excluding hydrogens is 302 g/mol. The van der Waals surface area contributed by atoms with Gasteiger partial charge in [-0.05, 0) is 36.5 Å². The summed E-state index contributed by atoms with van der Waals surface area (Å²) in [4.78, 5) is 25.6. The van der Waals surface area contributed by atoms with E-state index in [4.69, 9.17) is 11.6 Å². The molecule has 22 heavy (non-hydrogen) atoms. The number of amides is 3. The molecule has 0 radical (unpaired) electrons. The van der Waals surface area contributed by atoms with Crippen LogP contribution < -0.4 is 10.6 Å². The van der Waals surface area contributed by atoms with Crippen molar-refractivity contribution in [1.29, 1.82) is 0 Å². The zero-order valence-electron chi connectivity index (χ0n) is 12.3. The van der Waals surface area contributed by atoms with Crippen LogP contribution in [0.3, 0.4) is 0 Å². The highest BCUT2D eigenvalue weighted by Crippen LogP contribution is 2.41. The average Bonchev–Trinajstić information content (AvgIpc) is 3.33. The normalized spacial score (nSPS) is 20.0. The predicted molar refractivity (Wildman–Crippen MR) is 84.6 cm³/mol. The van der Waals surface area contributed by atoms with Crippen molar-refractivity contribution in [2.24, 2.45) is 5.92 Å². The number of hydrogen-bond acceptors (Lipinski definition) is 2. The minimum absolute atomic E-state index is 0.00624. The molecular formula is C16H20ClN3O2. The lowest BCUT2D eigenvalue weighted by Crippen LogP contribution is -2.43. The van der Waals surface area contributed by atoms with Crippen molar-refractivity contribution in [2.75, 3.05) is 19.6 Å². The van der Waals surface area contributed by atoms with Gasteiger partial charge in [0.15, 0.2) is 0 Å². The molecule has 1 aromatic carbocycles. The number of carbonyl (C=O) groups excluding carboxylic acids is 2. The Morgan fingerprint density at radius 2 is 2.00 bits per heavy atom. The van der Waals surface area contributed by atoms with Crippen LogP contribution in [0.1, 0.15) is 30.9 Å². The molecule has 3 rings (SSSR count). The summed E-state index contributed by atoms with van der Waals surface area (Å²) < 4.78 is 0. The molecule has 2 aliphatic rings. The monoisotopic (exact) mass is 321 g/mol. The lowest BCUT2D eigenvalue weighted by atomic mass is 10.0. The van der Waals surface area contributed by atoms with Crippen molar-refractivity contribution in [3.63, 3.8) is 0 Å². The van der Waals surface area contributed by atoms with E-state index in [1.54, 1.807) is 4.90 Å². The third-order valence-electron chi connectivity index (χ3n) is 4.20. The fourth-order valence-corrected chi connectivity index (χ4v) is 2.89. The Balaban J connectivity index is 1.67. The first-order chi connectivity index (χ1) is 10.6. The van der Waals surface area contributed by atoms with Gasteiger partial charge in [0, 0.05) is 31.1 Å². The molecule has 0 bridgehead atoms. The number of urea groups is 1. The minimum atomic E-state index is -0.0941. The zero-order valence-corrected chi connectivity index (χ0v) is 13.1. The van der Waals surface area contributed by atoms with Crippen molar-refractivity contribution in [3.8, 4) is 0 Å². The van der Waals surface area contributed by atoms with E-state index in [-0.39, 0.29) is 18.0 Å². The Kier molecular flexibility index (Phi) is 4.52. The summed E-state index contributed by atoms with van der Waals surface area (Å²) >= 11 is 5.94. The minimum Gasteiger partial charge on any atom is -0.354 e. The highest BCUT2D eigenvalue weighted by atomic mass is 35.5. The van der Waals surface area contributed by atoms with Crippen molar-refractivity contribution in [3.05, 3.63) is 34.9 Å². The van der Waals surface area contributed by atoms with Gasteiger partial charge >= 0.3 is 6.03 Å². The van der Waals surface area contributed by atoms with E-state index in [9.17, 15) is 9.59 Å². The number of benzene rings is 1. The summed E-state index contributed by atoms with van der Waals surface area (Å²) in [6.45, 7) is 1.53. The second-order valence-corrected chi connectivity index (χ2v) is 6.34. The van der Waals surface area contributed by atoms with E-state index >= 15 is 0 Å². The molecule has 3 amide bonds. The smallest absolute Gasteiger partial charge is 0.317 e. The van der Waals surface area contributed by atoms with Crippen LogP contribution in [0.5, 0.6) is 0 Å². The van der Waals surface area contributed by atoms with Crippen LogP contribution in [0.2, 0.25) is 5.02 Å². The van der Waals surface area contributed by atoms with Gasteiger partial charge in [0.1, 0.15) is 0 Å². The van der Waals surface area contributed by atoms with Gasteiger partial charge in [-0.2, -0.15) is 0 Å². The van der Waals surface area contributed by atoms with Crippen LogP contribution >= 0.6 is 11.6 Å². The Morgan fingerprint density at radius 3 is 2.68 bits per heavy atom. The molecule has 1 aliphatic heterocycles. The number of nitrogens with zero attached hydrogens (tertiary/aromatic N) is 1. The second-order valence-electron chi connectivity index (χ2n) is 5.90. The molecule has 1 heterocycles. The first kappa shape index (κ1) is 15.2. The van der Waals surface area contributed by atoms with Crippen molar-refractivity contribution >= 4 is 23.5 Å². The summed E-state index contributed by atoms with van der Waals surface area (Å²) in [6, 6.07) is 7.58. The van der Waals surface area contributed by atoms with Crippen LogP contribution in [0, 0.1) is 5.92 Å². The fourth-order valence-electron chi connectivity index (χ4n) is 2.77. The number of halogens is 1. The highest BCUT2D eigenvalue weighted by molar-refractivity contribution is 6.30. The number of hydrogen-bond donors (Lipinski definition) is 2. The summed E-state index contributed by atoms with van der Waals surface area (Å²) in [5.41, 5.74) is 1.09. The Bertz CT molecular complexity index is 557. The van der Waals surface area contributed by atoms with Gasteiger partial charge in [0.2, 0.25) is 5.91 Å². The van der Waals surface area contributed by atoms with Gasteiger partial charge in [0.25, 0.3) is 0 Å². The standard InChI is InChI=1S/C16H20ClN3O2/c17-13-5-3-12(4-6-13)15(11-1-2-11)19-16(22)20-9-7-14(21)18-8-10-20/h3-6,11,15H,1-2,7-10H2,(H,18,21)(H,19,22)/t15-/m1/s1. The fraction of sp³-hybridized carbons (Fsp3) is 0.500. The molecule has 1 aliphatic carbocycles. The molecule has 5 nitrogen and oxygen atoms in total. The van der Waals surface area contributed by atoms with E-state index in [1.807, 2.05) is 24.3 Å². The van der Waals surface area contributed by atoms with Gasteiger partial charge in [-0.15, -0.1) is 0 Å². The molecule has 1 aromatic rings. The Morgan fingerprint density at radius 1 is 1.27 bits per heavy atom. The molecule has 1 saturated heterocycles. The van der Waals surface area contributed by atoms with Gasteiger partial charge < -0.3 is 15.5 Å². The van der Waals surface area contributed by atoms with Gasteiger partial charge in [-0.25, -0.2) is 4.79 Å². The van der Waals surface area contributed by atoms with Crippen molar-refractivity contribution in [1.82, 2.24) is 15.5 Å². The summed E-state index contributed by atoms with van der Waals surface area (Å²) in [7, 11) is 0. The summed E-state index contributed by atoms with van der Waals surface area (Å²) in [6.07, 6.45) is 2.63. The first-order valence-electron chi connectivity index (χ1n) is 7.71. The van der Waals surface area contributed by atoms with E-state index < -0.39 is 0 Å². The largest absolute Gasteiger partial charge is 0.354 e.